The summed E-state index contributed by atoms with van der Waals surface area (Å²) in [5.74, 6) is 0.546. The van der Waals surface area contributed by atoms with Crippen molar-refractivity contribution in [3.63, 3.8) is 0 Å². The highest BCUT2D eigenvalue weighted by Crippen LogP contribution is 2.24. The zero-order valence-corrected chi connectivity index (χ0v) is 14.1. The van der Waals surface area contributed by atoms with Gasteiger partial charge in [-0.3, -0.25) is 15.0 Å². The third-order valence-corrected chi connectivity index (χ3v) is 4.20. The van der Waals surface area contributed by atoms with Crippen LogP contribution in [0.3, 0.4) is 0 Å². The van der Waals surface area contributed by atoms with Gasteiger partial charge in [-0.2, -0.15) is 0 Å². The van der Waals surface area contributed by atoms with Gasteiger partial charge in [-0.15, -0.1) is 0 Å². The Morgan fingerprint density at radius 1 is 1.16 bits per heavy atom. The molecule has 0 spiro atoms. The lowest BCUT2D eigenvalue weighted by Gasteiger charge is -2.21. The van der Waals surface area contributed by atoms with E-state index in [0.717, 1.165) is 16.9 Å². The number of ether oxygens (including phenoxy) is 1. The van der Waals surface area contributed by atoms with E-state index in [1.807, 2.05) is 54.6 Å². The first-order chi connectivity index (χ1) is 12.2. The number of rotatable bonds is 6. The predicted octanol–water partition coefficient (Wildman–Crippen LogP) is 1.93. The first-order valence-corrected chi connectivity index (χ1v) is 8.19. The van der Waals surface area contributed by atoms with Crippen molar-refractivity contribution in [2.75, 3.05) is 26.7 Å². The molecule has 130 valence electrons. The van der Waals surface area contributed by atoms with Gasteiger partial charge in [-0.25, -0.2) is 4.79 Å². The summed E-state index contributed by atoms with van der Waals surface area (Å²) in [4.78, 5) is 25.2. The van der Waals surface area contributed by atoms with Crippen LogP contribution in [-0.4, -0.2) is 43.6 Å². The summed E-state index contributed by atoms with van der Waals surface area (Å²) in [5.41, 5.74) is 2.07. The van der Waals surface area contributed by atoms with Crippen LogP contribution in [0.1, 0.15) is 17.2 Å². The van der Waals surface area contributed by atoms with Gasteiger partial charge in [0.1, 0.15) is 5.75 Å². The highest BCUT2D eigenvalue weighted by Gasteiger charge is 2.26. The van der Waals surface area contributed by atoms with Gasteiger partial charge in [0.15, 0.2) is 0 Å². The second kappa shape index (κ2) is 7.81. The Kier molecular flexibility index (Phi) is 5.30. The number of hydrogen-bond donors (Lipinski definition) is 2. The van der Waals surface area contributed by atoms with Crippen LogP contribution in [0.5, 0.6) is 5.75 Å². The first kappa shape index (κ1) is 17.0. The lowest BCUT2D eigenvalue weighted by atomic mass is 9.98. The molecule has 25 heavy (non-hydrogen) atoms. The quantitative estimate of drug-likeness (QED) is 0.844. The van der Waals surface area contributed by atoms with E-state index in [1.54, 1.807) is 7.11 Å². The van der Waals surface area contributed by atoms with Crippen LogP contribution in [-0.2, 0) is 4.79 Å². The standard InChI is InChI=1S/C19H21N3O3/c1-25-16-9-7-15(8-10-16)18(14-5-3-2-4-6-14)21-13-17(23)22-12-11-20-19(22)24/h2-10,18,21H,11-13H2,1H3,(H,20,24)/t18-/m1/s1. The minimum Gasteiger partial charge on any atom is -0.497 e. The molecule has 1 heterocycles. The number of methoxy groups -OCH3 is 1. The van der Waals surface area contributed by atoms with Crippen molar-refractivity contribution in [2.45, 2.75) is 6.04 Å². The summed E-state index contributed by atoms with van der Waals surface area (Å²) in [5, 5.41) is 5.91. The molecule has 2 aromatic carbocycles. The number of carbonyl (C=O) groups is 2. The Morgan fingerprint density at radius 3 is 2.44 bits per heavy atom. The van der Waals surface area contributed by atoms with Crippen LogP contribution < -0.4 is 15.4 Å². The summed E-state index contributed by atoms with van der Waals surface area (Å²) >= 11 is 0. The highest BCUT2D eigenvalue weighted by atomic mass is 16.5. The van der Waals surface area contributed by atoms with Crippen LogP contribution >= 0.6 is 0 Å². The molecule has 0 unspecified atom stereocenters. The summed E-state index contributed by atoms with van der Waals surface area (Å²) < 4.78 is 5.21. The van der Waals surface area contributed by atoms with Gasteiger partial charge in [0.05, 0.1) is 19.7 Å². The number of hydrogen-bond acceptors (Lipinski definition) is 4. The van der Waals surface area contributed by atoms with Gasteiger partial charge < -0.3 is 10.1 Å². The van der Waals surface area contributed by atoms with E-state index < -0.39 is 0 Å². The van der Waals surface area contributed by atoms with Gasteiger partial charge in [0.25, 0.3) is 0 Å². The van der Waals surface area contributed by atoms with E-state index in [1.165, 1.54) is 4.90 Å². The predicted molar refractivity (Wildman–Crippen MR) is 94.4 cm³/mol. The maximum Gasteiger partial charge on any atom is 0.324 e. The van der Waals surface area contributed by atoms with Crippen LogP contribution in [0, 0.1) is 0 Å². The molecule has 3 rings (SSSR count). The first-order valence-electron chi connectivity index (χ1n) is 8.19. The fourth-order valence-electron chi connectivity index (χ4n) is 2.86. The topological polar surface area (TPSA) is 70.7 Å². The van der Waals surface area contributed by atoms with Crippen LogP contribution in [0.2, 0.25) is 0 Å². The number of nitrogens with one attached hydrogen (secondary N) is 2. The summed E-state index contributed by atoms with van der Waals surface area (Å²) in [6.45, 7) is 1.00. The van der Waals surface area contributed by atoms with E-state index in [4.69, 9.17) is 4.74 Å². The van der Waals surface area contributed by atoms with Crippen molar-refractivity contribution in [1.29, 1.82) is 0 Å². The Balaban J connectivity index is 1.77. The number of carbonyl (C=O) groups excluding carboxylic acids is 2. The maximum absolute atomic E-state index is 12.3. The largest absolute Gasteiger partial charge is 0.497 e. The van der Waals surface area contributed by atoms with Crippen LogP contribution in [0.25, 0.3) is 0 Å². The molecular formula is C19H21N3O3. The van der Waals surface area contributed by atoms with Gasteiger partial charge in [0.2, 0.25) is 5.91 Å². The zero-order valence-electron chi connectivity index (χ0n) is 14.1. The Morgan fingerprint density at radius 2 is 1.84 bits per heavy atom. The molecule has 0 aromatic heterocycles. The van der Waals surface area contributed by atoms with Gasteiger partial charge in [-0.05, 0) is 23.3 Å². The zero-order chi connectivity index (χ0) is 17.6. The molecule has 1 atom stereocenters. The molecule has 1 aliphatic rings. The monoisotopic (exact) mass is 339 g/mol. The van der Waals surface area contributed by atoms with Crippen molar-refractivity contribution < 1.29 is 14.3 Å². The molecule has 1 fully saturated rings. The molecule has 1 saturated heterocycles. The van der Waals surface area contributed by atoms with Gasteiger partial charge >= 0.3 is 6.03 Å². The molecule has 0 saturated carbocycles. The third-order valence-electron chi connectivity index (χ3n) is 4.20. The molecule has 0 radical (unpaired) electrons. The summed E-state index contributed by atoms with van der Waals surface area (Å²) in [7, 11) is 1.63. The fourth-order valence-corrected chi connectivity index (χ4v) is 2.86. The molecule has 1 aliphatic heterocycles. The van der Waals surface area contributed by atoms with Crippen molar-refractivity contribution in [1.82, 2.24) is 15.5 Å². The SMILES string of the molecule is COc1ccc([C@H](NCC(=O)N2CCNC2=O)c2ccccc2)cc1. The molecule has 2 aromatic rings. The normalized spacial score (nSPS) is 14.9. The van der Waals surface area contributed by atoms with Crippen LogP contribution in [0.4, 0.5) is 4.79 Å². The van der Waals surface area contributed by atoms with Gasteiger partial charge in [-0.1, -0.05) is 42.5 Å². The van der Waals surface area contributed by atoms with E-state index in [-0.39, 0.29) is 24.5 Å². The third kappa shape index (κ3) is 3.97. The second-order valence-electron chi connectivity index (χ2n) is 5.78. The van der Waals surface area contributed by atoms with E-state index in [2.05, 4.69) is 10.6 Å². The minimum atomic E-state index is -0.326. The molecular weight excluding hydrogens is 318 g/mol. The average molecular weight is 339 g/mol. The number of imide groups is 1. The number of urea groups is 1. The van der Waals surface area contributed by atoms with Crippen molar-refractivity contribution in [3.05, 3.63) is 65.7 Å². The van der Waals surface area contributed by atoms with Crippen molar-refractivity contribution >= 4 is 11.9 Å². The van der Waals surface area contributed by atoms with Gasteiger partial charge in [0, 0.05) is 13.1 Å². The Labute approximate surface area is 146 Å². The summed E-state index contributed by atoms with van der Waals surface area (Å²) in [6.07, 6.45) is 0. The lowest BCUT2D eigenvalue weighted by Crippen LogP contribution is -2.41. The number of benzene rings is 2. The van der Waals surface area contributed by atoms with Crippen LogP contribution in [0.15, 0.2) is 54.6 Å². The lowest BCUT2D eigenvalue weighted by molar-refractivity contribution is -0.126. The van der Waals surface area contributed by atoms with E-state index in [0.29, 0.717) is 13.1 Å². The number of amides is 3. The van der Waals surface area contributed by atoms with Crippen molar-refractivity contribution in [2.24, 2.45) is 0 Å². The molecule has 2 N–H and O–H groups in total. The molecule has 0 aliphatic carbocycles. The highest BCUT2D eigenvalue weighted by molar-refractivity contribution is 5.96. The minimum absolute atomic E-state index is 0.0824. The molecule has 3 amide bonds. The fraction of sp³-hybridized carbons (Fsp3) is 0.263. The van der Waals surface area contributed by atoms with Crippen molar-refractivity contribution in [3.8, 4) is 5.75 Å². The van der Waals surface area contributed by atoms with E-state index in [9.17, 15) is 9.59 Å². The smallest absolute Gasteiger partial charge is 0.324 e. The average Bonchev–Trinajstić information content (AvgIpc) is 3.09. The summed E-state index contributed by atoms with van der Waals surface area (Å²) in [6, 6.07) is 17.1. The Hall–Kier alpha value is -2.86. The van der Waals surface area contributed by atoms with E-state index >= 15 is 0 Å². The molecule has 6 heteroatoms. The molecule has 6 nitrogen and oxygen atoms in total. The number of nitrogens with zero attached hydrogens (tertiary/aromatic N) is 1. The second-order valence-corrected chi connectivity index (χ2v) is 5.78. The molecule has 0 bridgehead atoms. The maximum atomic E-state index is 12.3. The Bertz CT molecular complexity index is 731.